The molecule has 0 saturated carbocycles. The third-order valence-corrected chi connectivity index (χ3v) is 12.1. The Morgan fingerprint density at radius 1 is 1.08 bits per heavy atom. The summed E-state index contributed by atoms with van der Waals surface area (Å²) in [6.07, 6.45) is 5.65. The number of carbonyl (C=O) groups is 1. The molecule has 2 atom stereocenters. The standard InChI is InChI=1S/C27H32N2O5S3/c1-26(2,3)29-25(30)17-24(36(29,31)32)23-11-9-20(10-12-23)18-35-19-27(37(28,33)34)15-13-22(14-16-27)21-7-5-4-6-8-21/h4-15,24H,16-19H2,1-3H3,(H2,28,33,34). The molecule has 2 aromatic rings. The fourth-order valence-electron chi connectivity index (χ4n) is 4.74. The van der Waals surface area contributed by atoms with Gasteiger partial charge in [-0.3, -0.25) is 4.79 Å². The number of amides is 1. The minimum atomic E-state index is -3.86. The van der Waals surface area contributed by atoms with E-state index in [0.717, 1.165) is 21.0 Å². The number of rotatable bonds is 7. The first kappa shape index (κ1) is 27.6. The summed E-state index contributed by atoms with van der Waals surface area (Å²) in [5.74, 6) is 0.426. The van der Waals surface area contributed by atoms with Crippen LogP contribution in [0.3, 0.4) is 0 Å². The number of nitrogens with zero attached hydrogens (tertiary/aromatic N) is 1. The van der Waals surface area contributed by atoms with Gasteiger partial charge in [-0.2, -0.15) is 11.8 Å². The van der Waals surface area contributed by atoms with E-state index in [2.05, 4.69) is 0 Å². The summed E-state index contributed by atoms with van der Waals surface area (Å²) in [5, 5.41) is 4.77. The van der Waals surface area contributed by atoms with Gasteiger partial charge in [-0.05, 0) is 49.5 Å². The largest absolute Gasteiger partial charge is 0.274 e. The van der Waals surface area contributed by atoms with Crippen molar-refractivity contribution in [2.45, 2.75) is 54.9 Å². The maximum atomic E-state index is 13.0. The van der Waals surface area contributed by atoms with E-state index in [9.17, 15) is 21.6 Å². The molecule has 0 bridgehead atoms. The van der Waals surface area contributed by atoms with Crippen molar-refractivity contribution in [3.05, 3.63) is 89.5 Å². The van der Waals surface area contributed by atoms with E-state index < -0.39 is 41.5 Å². The van der Waals surface area contributed by atoms with Gasteiger partial charge in [0.1, 0.15) is 10.00 Å². The number of carbonyl (C=O) groups excluding carboxylic acids is 1. The molecule has 2 N–H and O–H groups in total. The highest BCUT2D eigenvalue weighted by Gasteiger charge is 2.49. The molecule has 10 heteroatoms. The van der Waals surface area contributed by atoms with E-state index in [1.54, 1.807) is 39.0 Å². The monoisotopic (exact) mass is 560 g/mol. The molecule has 37 heavy (non-hydrogen) atoms. The van der Waals surface area contributed by atoms with Crippen molar-refractivity contribution < 1.29 is 21.6 Å². The van der Waals surface area contributed by atoms with E-state index in [-0.39, 0.29) is 18.6 Å². The van der Waals surface area contributed by atoms with Crippen LogP contribution in [0.4, 0.5) is 0 Å². The number of benzene rings is 2. The molecule has 2 unspecified atom stereocenters. The summed E-state index contributed by atoms with van der Waals surface area (Å²) in [5.41, 5.74) is 2.67. The molecule has 2 aliphatic rings. The first-order valence-electron chi connectivity index (χ1n) is 12.0. The fraction of sp³-hybridized carbons (Fsp3) is 0.370. The molecule has 1 fully saturated rings. The first-order valence-corrected chi connectivity index (χ1v) is 16.2. The van der Waals surface area contributed by atoms with Crippen LogP contribution in [-0.2, 0) is 30.6 Å². The average Bonchev–Trinajstić information content (AvgIpc) is 3.08. The van der Waals surface area contributed by atoms with Crippen molar-refractivity contribution in [3.63, 3.8) is 0 Å². The van der Waals surface area contributed by atoms with Crippen molar-refractivity contribution in [1.82, 2.24) is 4.31 Å². The second kappa shape index (κ2) is 10.1. The van der Waals surface area contributed by atoms with Gasteiger partial charge in [-0.1, -0.05) is 72.8 Å². The van der Waals surface area contributed by atoms with Crippen molar-refractivity contribution in [1.29, 1.82) is 0 Å². The van der Waals surface area contributed by atoms with E-state index >= 15 is 0 Å². The SMILES string of the molecule is CC(C)(C)N1C(=O)CC(c2ccc(CSCC3(S(N)(=O)=O)C=CC(c4ccccc4)=CC3)cc2)S1(=O)=O. The lowest BCUT2D eigenvalue weighted by molar-refractivity contribution is -0.128. The third-order valence-electron chi connectivity index (χ3n) is 6.68. The predicted octanol–water partition coefficient (Wildman–Crippen LogP) is 4.39. The molecular formula is C27H32N2O5S3. The molecule has 1 aliphatic carbocycles. The van der Waals surface area contributed by atoms with Crippen LogP contribution in [0.2, 0.25) is 0 Å². The van der Waals surface area contributed by atoms with Gasteiger partial charge in [-0.15, -0.1) is 0 Å². The lowest BCUT2D eigenvalue weighted by atomic mass is 9.93. The average molecular weight is 561 g/mol. The van der Waals surface area contributed by atoms with Gasteiger partial charge < -0.3 is 0 Å². The van der Waals surface area contributed by atoms with E-state index in [0.29, 0.717) is 11.3 Å². The molecule has 0 radical (unpaired) electrons. The quantitative estimate of drug-likeness (QED) is 0.537. The van der Waals surface area contributed by atoms with Crippen LogP contribution < -0.4 is 5.14 Å². The van der Waals surface area contributed by atoms with Crippen molar-refractivity contribution in [2.75, 3.05) is 5.75 Å². The fourth-order valence-corrected chi connectivity index (χ4v) is 9.54. The molecule has 1 saturated heterocycles. The van der Waals surface area contributed by atoms with Crippen LogP contribution in [-0.4, -0.2) is 43.1 Å². The highest BCUT2D eigenvalue weighted by molar-refractivity contribution is 8.00. The summed E-state index contributed by atoms with van der Waals surface area (Å²) < 4.78 is 51.0. The van der Waals surface area contributed by atoms with E-state index in [1.807, 2.05) is 54.6 Å². The molecule has 2 aromatic carbocycles. The van der Waals surface area contributed by atoms with Crippen molar-refractivity contribution in [2.24, 2.45) is 5.14 Å². The van der Waals surface area contributed by atoms with Gasteiger partial charge in [0.25, 0.3) is 0 Å². The minimum Gasteiger partial charge on any atom is -0.274 e. The summed E-state index contributed by atoms with van der Waals surface area (Å²) in [6.45, 7) is 5.12. The van der Waals surface area contributed by atoms with Crippen LogP contribution in [0.1, 0.15) is 55.6 Å². The molecule has 1 amide bonds. The summed E-state index contributed by atoms with van der Waals surface area (Å²) >= 11 is 1.46. The highest BCUT2D eigenvalue weighted by atomic mass is 32.2. The normalized spacial score (nSPS) is 23.8. The zero-order valence-corrected chi connectivity index (χ0v) is 23.6. The van der Waals surface area contributed by atoms with E-state index in [4.69, 9.17) is 5.14 Å². The minimum absolute atomic E-state index is 0.0740. The number of hydrogen-bond acceptors (Lipinski definition) is 6. The first-order chi connectivity index (χ1) is 17.2. The Morgan fingerprint density at radius 3 is 2.24 bits per heavy atom. The molecular weight excluding hydrogens is 529 g/mol. The Labute approximate surface area is 223 Å². The summed E-state index contributed by atoms with van der Waals surface area (Å²) in [4.78, 5) is 12.5. The predicted molar refractivity (Wildman–Crippen MR) is 149 cm³/mol. The number of nitrogens with two attached hydrogens (primary N) is 1. The number of sulfonamides is 2. The third kappa shape index (κ3) is 5.57. The maximum absolute atomic E-state index is 13.0. The smallest absolute Gasteiger partial charge is 0.245 e. The number of allylic oxidation sites excluding steroid dienone is 3. The van der Waals surface area contributed by atoms with Crippen LogP contribution in [0.5, 0.6) is 0 Å². The Kier molecular flexibility index (Phi) is 7.51. The lowest BCUT2D eigenvalue weighted by Gasteiger charge is -2.30. The van der Waals surface area contributed by atoms with Gasteiger partial charge in [0, 0.05) is 11.5 Å². The Bertz CT molecular complexity index is 1440. The Morgan fingerprint density at radius 2 is 1.73 bits per heavy atom. The molecule has 1 aliphatic heterocycles. The van der Waals surface area contributed by atoms with Crippen LogP contribution >= 0.6 is 11.8 Å². The van der Waals surface area contributed by atoms with Gasteiger partial charge >= 0.3 is 0 Å². The lowest BCUT2D eigenvalue weighted by Crippen LogP contribution is -2.45. The Balaban J connectivity index is 1.43. The summed E-state index contributed by atoms with van der Waals surface area (Å²) in [6, 6.07) is 16.9. The number of primary sulfonamides is 1. The molecule has 1 heterocycles. The molecule has 7 nitrogen and oxygen atoms in total. The number of thioether (sulfide) groups is 1. The molecule has 198 valence electrons. The molecule has 4 rings (SSSR count). The maximum Gasteiger partial charge on any atom is 0.245 e. The Hall–Kier alpha value is -2.40. The zero-order valence-electron chi connectivity index (χ0n) is 21.1. The highest BCUT2D eigenvalue weighted by Crippen LogP contribution is 2.40. The van der Waals surface area contributed by atoms with Gasteiger partial charge in [-0.25, -0.2) is 26.3 Å². The zero-order chi connectivity index (χ0) is 27.1. The van der Waals surface area contributed by atoms with Gasteiger partial charge in [0.15, 0.2) is 0 Å². The topological polar surface area (TPSA) is 115 Å². The number of hydrogen-bond donors (Lipinski definition) is 1. The van der Waals surface area contributed by atoms with Crippen molar-refractivity contribution in [3.8, 4) is 0 Å². The van der Waals surface area contributed by atoms with Gasteiger partial charge in [0.2, 0.25) is 26.0 Å². The second-order valence-corrected chi connectivity index (χ2v) is 15.3. The van der Waals surface area contributed by atoms with Crippen LogP contribution in [0.15, 0.2) is 72.8 Å². The summed E-state index contributed by atoms with van der Waals surface area (Å²) in [7, 11) is -7.65. The van der Waals surface area contributed by atoms with Crippen molar-refractivity contribution >= 4 is 43.3 Å². The van der Waals surface area contributed by atoms with Crippen LogP contribution in [0.25, 0.3) is 5.57 Å². The van der Waals surface area contributed by atoms with E-state index in [1.165, 1.54) is 11.8 Å². The van der Waals surface area contributed by atoms with Crippen LogP contribution in [0, 0.1) is 0 Å². The molecule has 0 aromatic heterocycles. The molecule has 0 spiro atoms. The second-order valence-electron chi connectivity index (χ2n) is 10.5. The van der Waals surface area contributed by atoms with Gasteiger partial charge in [0.05, 0.1) is 12.0 Å².